The smallest absolute Gasteiger partial charge is 0.244 e. The van der Waals surface area contributed by atoms with Gasteiger partial charge >= 0.3 is 0 Å². The maximum absolute atomic E-state index is 12.2. The molecular formula is C13H19ClN2O3S. The number of rotatable bonds is 6. The van der Waals surface area contributed by atoms with E-state index in [1.54, 1.807) is 6.07 Å². The molecule has 7 heteroatoms. The first kappa shape index (κ1) is 15.6. The van der Waals surface area contributed by atoms with E-state index in [1.165, 1.54) is 19.2 Å². The Kier molecular flexibility index (Phi) is 5.26. The van der Waals surface area contributed by atoms with E-state index < -0.39 is 10.0 Å². The average molecular weight is 319 g/mol. The lowest BCUT2D eigenvalue weighted by molar-refractivity contribution is 0.402. The van der Waals surface area contributed by atoms with Gasteiger partial charge in [-0.3, -0.25) is 0 Å². The summed E-state index contributed by atoms with van der Waals surface area (Å²) in [6, 6.07) is 4.50. The van der Waals surface area contributed by atoms with Crippen molar-refractivity contribution in [3.63, 3.8) is 0 Å². The number of benzene rings is 1. The van der Waals surface area contributed by atoms with Gasteiger partial charge in [-0.25, -0.2) is 13.1 Å². The Labute approximate surface area is 124 Å². The summed E-state index contributed by atoms with van der Waals surface area (Å²) in [5, 5.41) is 3.71. The van der Waals surface area contributed by atoms with Crippen LogP contribution in [-0.2, 0) is 10.0 Å². The summed E-state index contributed by atoms with van der Waals surface area (Å²) in [5.41, 5.74) is 0. The van der Waals surface area contributed by atoms with Crippen LogP contribution in [-0.4, -0.2) is 35.2 Å². The number of nitrogens with one attached hydrogen (secondary N) is 2. The van der Waals surface area contributed by atoms with Gasteiger partial charge in [0, 0.05) is 17.6 Å². The number of hydrogen-bond acceptors (Lipinski definition) is 4. The molecule has 2 N–H and O–H groups in total. The normalized spacial score (nSPS) is 19.2. The fraction of sp³-hybridized carbons (Fsp3) is 0.538. The van der Waals surface area contributed by atoms with E-state index in [9.17, 15) is 8.42 Å². The highest BCUT2D eigenvalue weighted by atomic mass is 35.5. The third-order valence-corrected chi connectivity index (χ3v) is 5.16. The van der Waals surface area contributed by atoms with Gasteiger partial charge in [-0.1, -0.05) is 11.6 Å². The van der Waals surface area contributed by atoms with Crippen LogP contribution in [0.25, 0.3) is 0 Å². The molecule has 0 aliphatic carbocycles. The molecule has 1 fully saturated rings. The minimum Gasteiger partial charge on any atom is -0.495 e. The summed E-state index contributed by atoms with van der Waals surface area (Å²) in [5.74, 6) is 0.803. The second kappa shape index (κ2) is 6.76. The summed E-state index contributed by atoms with van der Waals surface area (Å²) < 4.78 is 32.2. The molecule has 1 heterocycles. The van der Waals surface area contributed by atoms with Crippen LogP contribution in [0.3, 0.4) is 0 Å². The molecule has 0 saturated carbocycles. The molecule has 20 heavy (non-hydrogen) atoms. The van der Waals surface area contributed by atoms with Crippen molar-refractivity contribution in [2.45, 2.75) is 17.7 Å². The van der Waals surface area contributed by atoms with Crippen LogP contribution in [0, 0.1) is 5.92 Å². The van der Waals surface area contributed by atoms with E-state index in [-0.39, 0.29) is 10.6 Å². The largest absolute Gasteiger partial charge is 0.495 e. The van der Waals surface area contributed by atoms with E-state index in [2.05, 4.69) is 10.0 Å². The van der Waals surface area contributed by atoms with Crippen LogP contribution in [0.1, 0.15) is 12.8 Å². The Hall–Kier alpha value is -0.820. The maximum Gasteiger partial charge on any atom is 0.244 e. The summed E-state index contributed by atoms with van der Waals surface area (Å²) in [7, 11) is -2.14. The fourth-order valence-corrected chi connectivity index (χ4v) is 3.66. The molecule has 1 aliphatic rings. The topological polar surface area (TPSA) is 67.4 Å². The average Bonchev–Trinajstić information content (AvgIpc) is 2.91. The zero-order valence-corrected chi connectivity index (χ0v) is 12.9. The SMILES string of the molecule is COc1cc(Cl)ccc1S(=O)(=O)NCCC1CCNC1. The predicted octanol–water partition coefficient (Wildman–Crippen LogP) is 1.63. The van der Waals surface area contributed by atoms with Crippen molar-refractivity contribution < 1.29 is 13.2 Å². The fourth-order valence-electron chi connectivity index (χ4n) is 2.30. The highest BCUT2D eigenvalue weighted by molar-refractivity contribution is 7.89. The molecule has 1 aromatic carbocycles. The first-order chi connectivity index (χ1) is 9.53. The number of hydrogen-bond donors (Lipinski definition) is 2. The van der Waals surface area contributed by atoms with Crippen LogP contribution in [0.15, 0.2) is 23.1 Å². The van der Waals surface area contributed by atoms with Gasteiger partial charge in [-0.2, -0.15) is 0 Å². The van der Waals surface area contributed by atoms with Gasteiger partial charge in [0.15, 0.2) is 0 Å². The van der Waals surface area contributed by atoms with Gasteiger partial charge in [0.25, 0.3) is 0 Å². The van der Waals surface area contributed by atoms with Crippen LogP contribution in [0.4, 0.5) is 0 Å². The second-order valence-corrected chi connectivity index (χ2v) is 7.01. The Morgan fingerprint density at radius 3 is 2.95 bits per heavy atom. The van der Waals surface area contributed by atoms with Crippen LogP contribution >= 0.6 is 11.6 Å². The molecule has 0 spiro atoms. The molecule has 1 atom stereocenters. The molecule has 1 saturated heterocycles. The van der Waals surface area contributed by atoms with E-state index in [0.29, 0.717) is 17.5 Å². The maximum atomic E-state index is 12.2. The predicted molar refractivity (Wildman–Crippen MR) is 78.8 cm³/mol. The van der Waals surface area contributed by atoms with Gasteiger partial charge in [0.05, 0.1) is 7.11 Å². The molecule has 0 amide bonds. The first-order valence-corrected chi connectivity index (χ1v) is 8.43. The minimum atomic E-state index is -3.57. The van der Waals surface area contributed by atoms with Crippen molar-refractivity contribution in [2.24, 2.45) is 5.92 Å². The highest BCUT2D eigenvalue weighted by Gasteiger charge is 2.20. The minimum absolute atomic E-state index is 0.119. The quantitative estimate of drug-likeness (QED) is 0.836. The standard InChI is InChI=1S/C13H19ClN2O3S/c1-19-12-8-11(14)2-3-13(12)20(17,18)16-7-5-10-4-6-15-9-10/h2-3,8,10,15-16H,4-7,9H2,1H3. The van der Waals surface area contributed by atoms with Crippen molar-refractivity contribution in [1.82, 2.24) is 10.0 Å². The van der Waals surface area contributed by atoms with Crippen molar-refractivity contribution in [2.75, 3.05) is 26.7 Å². The van der Waals surface area contributed by atoms with E-state index >= 15 is 0 Å². The number of methoxy groups -OCH3 is 1. The molecule has 2 rings (SSSR count). The Balaban J connectivity index is 2.02. The van der Waals surface area contributed by atoms with Gasteiger partial charge < -0.3 is 10.1 Å². The number of ether oxygens (including phenoxy) is 1. The highest BCUT2D eigenvalue weighted by Crippen LogP contribution is 2.27. The van der Waals surface area contributed by atoms with Gasteiger partial charge in [0.2, 0.25) is 10.0 Å². The number of halogens is 1. The lowest BCUT2D eigenvalue weighted by Crippen LogP contribution is -2.27. The lowest BCUT2D eigenvalue weighted by Gasteiger charge is -2.12. The lowest BCUT2D eigenvalue weighted by atomic mass is 10.1. The third-order valence-electron chi connectivity index (χ3n) is 3.42. The van der Waals surface area contributed by atoms with Crippen molar-refractivity contribution >= 4 is 21.6 Å². The molecular weight excluding hydrogens is 300 g/mol. The molecule has 1 unspecified atom stereocenters. The van der Waals surface area contributed by atoms with Gasteiger partial charge in [-0.05, 0) is 44.0 Å². The van der Waals surface area contributed by atoms with E-state index in [0.717, 1.165) is 25.9 Å². The van der Waals surface area contributed by atoms with Gasteiger partial charge in [-0.15, -0.1) is 0 Å². The molecule has 0 aromatic heterocycles. The van der Waals surface area contributed by atoms with E-state index in [4.69, 9.17) is 16.3 Å². The summed E-state index contributed by atoms with van der Waals surface area (Å²) in [6.45, 7) is 2.41. The van der Waals surface area contributed by atoms with Crippen molar-refractivity contribution in [3.8, 4) is 5.75 Å². The first-order valence-electron chi connectivity index (χ1n) is 6.57. The molecule has 0 bridgehead atoms. The number of sulfonamides is 1. The van der Waals surface area contributed by atoms with Crippen LogP contribution in [0.2, 0.25) is 5.02 Å². The molecule has 1 aromatic rings. The summed E-state index contributed by atoms with van der Waals surface area (Å²) >= 11 is 5.83. The van der Waals surface area contributed by atoms with Crippen molar-refractivity contribution in [3.05, 3.63) is 23.2 Å². The third kappa shape index (κ3) is 3.85. The monoisotopic (exact) mass is 318 g/mol. The second-order valence-electron chi connectivity index (χ2n) is 4.84. The summed E-state index contributed by atoms with van der Waals surface area (Å²) in [6.07, 6.45) is 1.94. The molecule has 1 aliphatic heterocycles. The van der Waals surface area contributed by atoms with E-state index in [1.807, 2.05) is 0 Å². The molecule has 112 valence electrons. The Bertz CT molecular complexity index is 557. The Morgan fingerprint density at radius 2 is 2.30 bits per heavy atom. The Morgan fingerprint density at radius 1 is 1.50 bits per heavy atom. The zero-order valence-electron chi connectivity index (χ0n) is 11.4. The molecule has 5 nitrogen and oxygen atoms in total. The van der Waals surface area contributed by atoms with Crippen LogP contribution in [0.5, 0.6) is 5.75 Å². The summed E-state index contributed by atoms with van der Waals surface area (Å²) in [4.78, 5) is 0.119. The van der Waals surface area contributed by atoms with Crippen LogP contribution < -0.4 is 14.8 Å². The molecule has 0 radical (unpaired) electrons. The zero-order chi connectivity index (χ0) is 14.6. The van der Waals surface area contributed by atoms with Crippen molar-refractivity contribution in [1.29, 1.82) is 0 Å². The van der Waals surface area contributed by atoms with Gasteiger partial charge in [0.1, 0.15) is 10.6 Å².